The highest BCUT2D eigenvalue weighted by Gasteiger charge is 2.50. The molecule has 0 radical (unpaired) electrons. The van der Waals surface area contributed by atoms with Crippen LogP contribution in [0, 0.1) is 5.92 Å². The van der Waals surface area contributed by atoms with Crippen molar-refractivity contribution in [2.75, 3.05) is 23.5 Å². The summed E-state index contributed by atoms with van der Waals surface area (Å²) in [7, 11) is -1.58. The van der Waals surface area contributed by atoms with Crippen molar-refractivity contribution in [1.29, 1.82) is 0 Å². The van der Waals surface area contributed by atoms with E-state index in [2.05, 4.69) is 4.99 Å². The number of rotatable bonds is 4. The quantitative estimate of drug-likeness (QED) is 0.750. The van der Waals surface area contributed by atoms with Gasteiger partial charge in [-0.25, -0.2) is 8.42 Å². The van der Waals surface area contributed by atoms with E-state index >= 15 is 0 Å². The first-order valence-electron chi connectivity index (χ1n) is 8.38. The number of halogens is 1. The Bertz CT molecular complexity index is 856. The van der Waals surface area contributed by atoms with E-state index in [1.807, 2.05) is 18.7 Å². The Hall–Kier alpha value is -1.25. The summed E-state index contributed by atoms with van der Waals surface area (Å²) < 4.78 is 29.7. The molecule has 0 aliphatic carbocycles. The maximum Gasteiger partial charge on any atom is 0.250 e. The normalized spacial score (nSPS) is 26.8. The van der Waals surface area contributed by atoms with E-state index in [-0.39, 0.29) is 34.6 Å². The fourth-order valence-corrected chi connectivity index (χ4v) is 7.16. The highest BCUT2D eigenvalue weighted by atomic mass is 35.5. The Balaban J connectivity index is 2.08. The predicted molar refractivity (Wildman–Crippen MR) is 106 cm³/mol. The lowest BCUT2D eigenvalue weighted by Crippen LogP contribution is -2.38. The first kappa shape index (κ1) is 19.5. The highest BCUT2D eigenvalue weighted by molar-refractivity contribution is 8.16. The topological polar surface area (TPSA) is 76.0 Å². The number of aliphatic imine (C=N–C) groups is 1. The van der Waals surface area contributed by atoms with Crippen molar-refractivity contribution in [3.63, 3.8) is 0 Å². The van der Waals surface area contributed by atoms with Crippen molar-refractivity contribution >= 4 is 50.0 Å². The number of thioether (sulfide) groups is 1. The molecule has 0 spiro atoms. The van der Waals surface area contributed by atoms with Gasteiger partial charge in [0.25, 0.3) is 5.91 Å². The lowest BCUT2D eigenvalue weighted by atomic mass is 10.1. The van der Waals surface area contributed by atoms with Crippen LogP contribution in [0.15, 0.2) is 23.2 Å². The van der Waals surface area contributed by atoms with Crippen LogP contribution in [0.25, 0.3) is 0 Å². The summed E-state index contributed by atoms with van der Waals surface area (Å²) in [5, 5.41) is 0.857. The predicted octanol–water partition coefficient (Wildman–Crippen LogP) is 3.00. The molecular weight excluding hydrogens is 396 g/mol. The van der Waals surface area contributed by atoms with Gasteiger partial charge in [0.15, 0.2) is 15.0 Å². The molecule has 0 unspecified atom stereocenters. The van der Waals surface area contributed by atoms with E-state index in [9.17, 15) is 13.2 Å². The minimum absolute atomic E-state index is 0.0247. The van der Waals surface area contributed by atoms with Crippen LogP contribution in [0.5, 0.6) is 5.75 Å². The molecule has 0 saturated carbocycles. The van der Waals surface area contributed by atoms with Crippen LogP contribution in [-0.4, -0.2) is 49.4 Å². The molecule has 2 heterocycles. The Morgan fingerprint density at radius 1 is 1.46 bits per heavy atom. The van der Waals surface area contributed by atoms with Crippen LogP contribution in [0.1, 0.15) is 20.3 Å². The summed E-state index contributed by atoms with van der Waals surface area (Å²) in [4.78, 5) is 18.5. The molecule has 2 fully saturated rings. The minimum atomic E-state index is -3.13. The molecule has 1 aromatic rings. The van der Waals surface area contributed by atoms with Crippen molar-refractivity contribution in [2.45, 2.75) is 31.6 Å². The molecule has 9 heteroatoms. The fourth-order valence-electron chi connectivity index (χ4n) is 3.08. The summed E-state index contributed by atoms with van der Waals surface area (Å²) >= 11 is 7.51. The van der Waals surface area contributed by atoms with Crippen LogP contribution in [-0.2, 0) is 14.6 Å². The van der Waals surface area contributed by atoms with Crippen molar-refractivity contribution in [2.24, 2.45) is 10.9 Å². The number of sulfone groups is 1. The van der Waals surface area contributed by atoms with Gasteiger partial charge < -0.3 is 9.64 Å². The zero-order valence-electron chi connectivity index (χ0n) is 14.8. The lowest BCUT2D eigenvalue weighted by molar-refractivity contribution is -0.121. The number of benzene rings is 1. The van der Waals surface area contributed by atoms with E-state index in [4.69, 9.17) is 16.3 Å². The Morgan fingerprint density at radius 3 is 2.85 bits per heavy atom. The summed E-state index contributed by atoms with van der Waals surface area (Å²) in [5.74, 6) is 0.276. The van der Waals surface area contributed by atoms with Crippen LogP contribution >= 0.6 is 23.4 Å². The van der Waals surface area contributed by atoms with Gasteiger partial charge >= 0.3 is 0 Å². The van der Waals surface area contributed by atoms with Gasteiger partial charge in [-0.3, -0.25) is 4.79 Å². The summed E-state index contributed by atoms with van der Waals surface area (Å²) in [6, 6.07) is 4.86. The standard InChI is InChI=1S/C17H21ClN2O4S2/c1-4-10(2)16(21)19-17-20(12-7-11(18)5-6-14(12)24-3)13-8-26(22,23)9-15(13)25-17/h5-7,10,13,15H,4,8-9H2,1-3H3/t10-,13-,15-/m0/s1. The third-order valence-corrected chi connectivity index (χ3v) is 8.15. The van der Waals surface area contributed by atoms with E-state index < -0.39 is 9.84 Å². The first-order valence-corrected chi connectivity index (χ1v) is 11.5. The number of methoxy groups -OCH3 is 1. The number of nitrogens with zero attached hydrogens (tertiary/aromatic N) is 2. The Labute approximate surface area is 162 Å². The molecule has 0 N–H and O–H groups in total. The first-order chi connectivity index (χ1) is 12.3. The van der Waals surface area contributed by atoms with Crippen LogP contribution in [0.3, 0.4) is 0 Å². The zero-order valence-corrected chi connectivity index (χ0v) is 17.2. The van der Waals surface area contributed by atoms with E-state index in [0.29, 0.717) is 28.0 Å². The molecule has 0 aromatic heterocycles. The number of hydrogen-bond donors (Lipinski definition) is 0. The number of amidine groups is 1. The fraction of sp³-hybridized carbons (Fsp3) is 0.529. The van der Waals surface area contributed by atoms with Crippen molar-refractivity contribution in [3.05, 3.63) is 23.2 Å². The summed E-state index contributed by atoms with van der Waals surface area (Å²) in [5.41, 5.74) is 0.632. The van der Waals surface area contributed by atoms with E-state index in [1.165, 1.54) is 11.8 Å². The van der Waals surface area contributed by atoms with Crippen molar-refractivity contribution in [3.8, 4) is 5.75 Å². The van der Waals surface area contributed by atoms with Crippen molar-refractivity contribution < 1.29 is 17.9 Å². The third-order valence-electron chi connectivity index (χ3n) is 4.71. The number of fused-ring (bicyclic) bond motifs is 1. The van der Waals surface area contributed by atoms with Crippen LogP contribution in [0.2, 0.25) is 5.02 Å². The Kier molecular flexibility index (Phi) is 5.55. The molecule has 3 rings (SSSR count). The zero-order chi connectivity index (χ0) is 19.1. The lowest BCUT2D eigenvalue weighted by Gasteiger charge is -2.26. The van der Waals surface area contributed by atoms with E-state index in [0.717, 1.165) is 0 Å². The molecular formula is C17H21ClN2O4S2. The van der Waals surface area contributed by atoms with Gasteiger partial charge in [0.1, 0.15) is 5.75 Å². The monoisotopic (exact) mass is 416 g/mol. The summed E-state index contributed by atoms with van der Waals surface area (Å²) in [6.45, 7) is 3.77. The van der Waals surface area contributed by atoms with Crippen LogP contribution < -0.4 is 9.64 Å². The largest absolute Gasteiger partial charge is 0.495 e. The molecule has 0 bridgehead atoms. The Morgan fingerprint density at radius 2 is 2.19 bits per heavy atom. The highest BCUT2D eigenvalue weighted by Crippen LogP contribution is 2.44. The maximum atomic E-state index is 12.4. The number of anilines is 1. The smallest absolute Gasteiger partial charge is 0.250 e. The van der Waals surface area contributed by atoms with Gasteiger partial charge in [0.05, 0.1) is 30.3 Å². The number of hydrogen-bond acceptors (Lipinski definition) is 5. The van der Waals surface area contributed by atoms with Gasteiger partial charge in [-0.1, -0.05) is 37.2 Å². The molecule has 2 aliphatic heterocycles. The molecule has 2 aliphatic rings. The minimum Gasteiger partial charge on any atom is -0.495 e. The maximum absolute atomic E-state index is 12.4. The average molecular weight is 417 g/mol. The number of carbonyl (C=O) groups excluding carboxylic acids is 1. The van der Waals surface area contributed by atoms with Gasteiger partial charge in [-0.2, -0.15) is 4.99 Å². The molecule has 3 atom stereocenters. The molecule has 1 amide bonds. The second-order valence-corrected chi connectivity index (χ2v) is 10.3. The molecule has 6 nitrogen and oxygen atoms in total. The van der Waals surface area contributed by atoms with Gasteiger partial charge in [-0.15, -0.1) is 0 Å². The summed E-state index contributed by atoms with van der Waals surface area (Å²) in [6.07, 6.45) is 0.696. The number of amides is 1. The second kappa shape index (κ2) is 7.40. The second-order valence-electron chi connectivity index (χ2n) is 6.53. The molecule has 1 aromatic carbocycles. The van der Waals surface area contributed by atoms with E-state index in [1.54, 1.807) is 25.3 Å². The number of ether oxygens (including phenoxy) is 1. The SMILES string of the molecule is CC[C@H](C)C(=O)N=C1S[C@H]2CS(=O)(=O)C[C@@H]2N1c1cc(Cl)ccc1OC. The molecule has 2 saturated heterocycles. The van der Waals surface area contributed by atoms with Gasteiger partial charge in [0.2, 0.25) is 0 Å². The average Bonchev–Trinajstić information content (AvgIpc) is 3.04. The van der Waals surface area contributed by atoms with Gasteiger partial charge in [-0.05, 0) is 24.6 Å². The van der Waals surface area contributed by atoms with Crippen molar-refractivity contribution in [1.82, 2.24) is 0 Å². The number of carbonyl (C=O) groups is 1. The van der Waals surface area contributed by atoms with Gasteiger partial charge in [0, 0.05) is 16.2 Å². The van der Waals surface area contributed by atoms with Crippen LogP contribution in [0.4, 0.5) is 5.69 Å². The molecule has 26 heavy (non-hydrogen) atoms. The molecule has 142 valence electrons. The third kappa shape index (κ3) is 3.73.